The molecule has 0 aliphatic carbocycles. The summed E-state index contributed by atoms with van der Waals surface area (Å²) in [6.07, 6.45) is 7.00. The number of nitrogens with zero attached hydrogens (tertiary/aromatic N) is 2. The molecule has 0 bridgehead atoms. The second kappa shape index (κ2) is 14.7. The van der Waals surface area contributed by atoms with Crippen molar-refractivity contribution in [2.75, 3.05) is 12.3 Å². The first-order valence-electron chi connectivity index (χ1n) is 14.4. The van der Waals surface area contributed by atoms with Crippen LogP contribution in [0.1, 0.15) is 105 Å². The highest BCUT2D eigenvalue weighted by atomic mass is 28.4. The summed E-state index contributed by atoms with van der Waals surface area (Å²) in [6, 6.07) is 1.24. The fraction of sp³-hybridized carbons (Fsp3) is 0.821. The van der Waals surface area contributed by atoms with Gasteiger partial charge in [0.15, 0.2) is 14.4 Å². The van der Waals surface area contributed by atoms with E-state index in [1.807, 2.05) is 33.9 Å². The minimum absolute atomic E-state index is 0.0485. The SMILES string of the molecule is CCCCCCCCCCCCC(=O)O[C@@H]1[C@@H](CO[Si](C)(C)C(C)(C)C)O[C@@H](n2ccc(N)nc2=O)C1(F)F. The van der Waals surface area contributed by atoms with Crippen LogP contribution in [0.2, 0.25) is 18.1 Å². The quantitative estimate of drug-likeness (QED) is 0.135. The normalized spacial score (nSPS) is 21.3. The van der Waals surface area contributed by atoms with Gasteiger partial charge in [-0.25, -0.2) is 4.79 Å². The lowest BCUT2D eigenvalue weighted by molar-refractivity contribution is -0.176. The first kappa shape index (κ1) is 33.4. The molecule has 2 heterocycles. The van der Waals surface area contributed by atoms with Crippen molar-refractivity contribution in [2.45, 2.75) is 141 Å². The van der Waals surface area contributed by atoms with Crippen molar-refractivity contribution in [1.82, 2.24) is 9.55 Å². The van der Waals surface area contributed by atoms with Crippen molar-refractivity contribution in [3.05, 3.63) is 22.7 Å². The summed E-state index contributed by atoms with van der Waals surface area (Å²) in [5.41, 5.74) is 4.55. The number of anilines is 1. The van der Waals surface area contributed by atoms with E-state index in [1.165, 1.54) is 44.6 Å². The lowest BCUT2D eigenvalue weighted by Crippen LogP contribution is -2.47. The van der Waals surface area contributed by atoms with Crippen LogP contribution >= 0.6 is 0 Å². The largest absolute Gasteiger partial charge is 0.453 e. The predicted octanol–water partition coefficient (Wildman–Crippen LogP) is 6.60. The zero-order chi connectivity index (χ0) is 29.3. The third kappa shape index (κ3) is 9.63. The predicted molar refractivity (Wildman–Crippen MR) is 151 cm³/mol. The summed E-state index contributed by atoms with van der Waals surface area (Å²) in [5, 5.41) is -0.160. The fourth-order valence-electron chi connectivity index (χ4n) is 4.32. The Morgan fingerprint density at radius 2 is 1.67 bits per heavy atom. The highest BCUT2D eigenvalue weighted by Crippen LogP contribution is 2.45. The standard InChI is InChI=1S/C28H49F2N3O5Si/c1-7-8-9-10-11-12-13-14-15-16-17-23(34)38-24-21(20-36-39(5,6)27(2,3)4)37-25(28(24,29)30)33-19-18-22(31)32-26(33)35/h18-19,21,24-25H,7-17,20H2,1-6H3,(H2,31,32,35)/t21-,24-,25-/m1/s1. The third-order valence-electron chi connectivity index (χ3n) is 7.86. The topological polar surface area (TPSA) is 106 Å². The number of hydrogen-bond donors (Lipinski definition) is 1. The van der Waals surface area contributed by atoms with Gasteiger partial charge in [-0.05, 0) is 30.6 Å². The highest BCUT2D eigenvalue weighted by Gasteiger charge is 2.62. The Morgan fingerprint density at radius 3 is 2.21 bits per heavy atom. The number of halogens is 2. The van der Waals surface area contributed by atoms with Gasteiger partial charge in [0, 0.05) is 12.6 Å². The lowest BCUT2D eigenvalue weighted by atomic mass is 10.1. The maximum Gasteiger partial charge on any atom is 0.351 e. The van der Waals surface area contributed by atoms with Gasteiger partial charge in [-0.15, -0.1) is 0 Å². The fourth-order valence-corrected chi connectivity index (χ4v) is 5.33. The minimum atomic E-state index is -3.68. The van der Waals surface area contributed by atoms with Crippen molar-refractivity contribution >= 4 is 20.1 Å². The monoisotopic (exact) mass is 573 g/mol. The summed E-state index contributed by atoms with van der Waals surface area (Å²) in [7, 11) is -2.32. The molecular formula is C28H49F2N3O5Si. The minimum Gasteiger partial charge on any atom is -0.453 e. The van der Waals surface area contributed by atoms with E-state index in [9.17, 15) is 9.59 Å². The van der Waals surface area contributed by atoms with Gasteiger partial charge in [0.25, 0.3) is 0 Å². The summed E-state index contributed by atoms with van der Waals surface area (Å²) < 4.78 is 49.2. The van der Waals surface area contributed by atoms with E-state index < -0.39 is 44.3 Å². The van der Waals surface area contributed by atoms with Crippen LogP contribution in [0.5, 0.6) is 0 Å². The number of aromatic nitrogens is 2. The summed E-state index contributed by atoms with van der Waals surface area (Å²) in [6.45, 7) is 12.1. The molecule has 0 amide bonds. The average Bonchev–Trinajstić information content (AvgIpc) is 3.07. The molecule has 2 rings (SSSR count). The first-order valence-corrected chi connectivity index (χ1v) is 17.3. The van der Waals surface area contributed by atoms with E-state index >= 15 is 8.78 Å². The van der Waals surface area contributed by atoms with Crippen molar-refractivity contribution in [3.63, 3.8) is 0 Å². The molecule has 0 radical (unpaired) electrons. The third-order valence-corrected chi connectivity index (χ3v) is 12.4. The molecule has 1 fully saturated rings. The van der Waals surface area contributed by atoms with Crippen LogP contribution in [0.3, 0.4) is 0 Å². The number of rotatable bonds is 16. The van der Waals surface area contributed by atoms with Gasteiger partial charge in [-0.3, -0.25) is 9.36 Å². The van der Waals surface area contributed by atoms with Crippen LogP contribution in [-0.2, 0) is 18.7 Å². The van der Waals surface area contributed by atoms with Crippen LogP contribution in [0.15, 0.2) is 17.1 Å². The van der Waals surface area contributed by atoms with Crippen LogP contribution in [-0.4, -0.2) is 48.6 Å². The van der Waals surface area contributed by atoms with Gasteiger partial charge in [-0.1, -0.05) is 85.5 Å². The van der Waals surface area contributed by atoms with Gasteiger partial charge >= 0.3 is 17.6 Å². The molecule has 1 aliphatic rings. The summed E-state index contributed by atoms with van der Waals surface area (Å²) in [4.78, 5) is 28.5. The molecule has 39 heavy (non-hydrogen) atoms. The van der Waals surface area contributed by atoms with Gasteiger partial charge in [0.1, 0.15) is 11.9 Å². The van der Waals surface area contributed by atoms with Crippen LogP contribution in [0, 0.1) is 0 Å². The molecule has 3 atom stereocenters. The molecule has 2 N–H and O–H groups in total. The second-order valence-corrected chi connectivity index (χ2v) is 17.0. The number of esters is 1. The molecule has 0 aromatic carbocycles. The van der Waals surface area contributed by atoms with E-state index in [1.54, 1.807) is 0 Å². The van der Waals surface area contributed by atoms with Crippen molar-refractivity contribution in [1.29, 1.82) is 0 Å². The summed E-state index contributed by atoms with van der Waals surface area (Å²) >= 11 is 0. The van der Waals surface area contributed by atoms with Crippen LogP contribution < -0.4 is 11.4 Å². The van der Waals surface area contributed by atoms with E-state index in [0.29, 0.717) is 11.0 Å². The van der Waals surface area contributed by atoms with Crippen LogP contribution in [0.4, 0.5) is 14.6 Å². The molecular weight excluding hydrogens is 524 g/mol. The van der Waals surface area contributed by atoms with E-state index in [4.69, 9.17) is 19.6 Å². The van der Waals surface area contributed by atoms with E-state index in [-0.39, 0.29) is 23.9 Å². The first-order chi connectivity index (χ1) is 18.2. The number of ether oxygens (including phenoxy) is 2. The average molecular weight is 574 g/mol. The Balaban J connectivity index is 2.01. The van der Waals surface area contributed by atoms with E-state index in [0.717, 1.165) is 25.5 Å². The Kier molecular flexibility index (Phi) is 12.6. The lowest BCUT2D eigenvalue weighted by Gasteiger charge is -2.37. The Bertz CT molecular complexity index is 967. The van der Waals surface area contributed by atoms with Crippen molar-refractivity contribution in [3.8, 4) is 0 Å². The smallest absolute Gasteiger partial charge is 0.351 e. The number of nitrogens with two attached hydrogens (primary N) is 1. The van der Waals surface area contributed by atoms with Crippen LogP contribution in [0.25, 0.3) is 0 Å². The number of carbonyl (C=O) groups excluding carboxylic acids is 1. The second-order valence-electron chi connectivity index (χ2n) is 12.2. The highest BCUT2D eigenvalue weighted by molar-refractivity contribution is 6.74. The number of alkyl halides is 2. The Morgan fingerprint density at radius 1 is 1.10 bits per heavy atom. The summed E-state index contributed by atoms with van der Waals surface area (Å²) in [5.74, 6) is -4.48. The number of carbonyl (C=O) groups is 1. The molecule has 11 heteroatoms. The zero-order valence-electron chi connectivity index (χ0n) is 24.6. The Labute approximate surface area is 233 Å². The van der Waals surface area contributed by atoms with Gasteiger partial charge in [0.05, 0.1) is 6.61 Å². The van der Waals surface area contributed by atoms with Crippen molar-refractivity contribution in [2.24, 2.45) is 0 Å². The number of nitrogen functional groups attached to an aromatic ring is 1. The number of hydrogen-bond acceptors (Lipinski definition) is 7. The molecule has 1 aromatic rings. The molecule has 1 aromatic heterocycles. The van der Waals surface area contributed by atoms with Gasteiger partial charge < -0.3 is 19.6 Å². The van der Waals surface area contributed by atoms with Gasteiger partial charge in [0.2, 0.25) is 6.23 Å². The molecule has 8 nitrogen and oxygen atoms in total. The molecule has 0 spiro atoms. The molecule has 0 unspecified atom stereocenters. The Hall–Kier alpha value is -1.85. The number of unbranched alkanes of at least 4 members (excludes halogenated alkanes) is 9. The molecule has 1 saturated heterocycles. The maximum atomic E-state index is 15.7. The van der Waals surface area contributed by atoms with E-state index in [2.05, 4.69) is 11.9 Å². The maximum absolute atomic E-state index is 15.7. The molecule has 0 saturated carbocycles. The molecule has 1 aliphatic heterocycles. The van der Waals surface area contributed by atoms with Crippen molar-refractivity contribution < 1.29 is 27.5 Å². The molecule has 224 valence electrons. The van der Waals surface area contributed by atoms with Gasteiger partial charge in [-0.2, -0.15) is 13.8 Å². The zero-order valence-corrected chi connectivity index (χ0v) is 25.6.